The second-order valence-corrected chi connectivity index (χ2v) is 6.91. The number of non-ortho nitro benzene ring substituents is 1. The first-order valence-electron chi connectivity index (χ1n) is 9.34. The van der Waals surface area contributed by atoms with Crippen molar-refractivity contribution in [3.63, 3.8) is 0 Å². The highest BCUT2D eigenvalue weighted by Gasteiger charge is 2.23. The van der Waals surface area contributed by atoms with E-state index in [0.29, 0.717) is 5.92 Å². The smallest absolute Gasteiger partial charge is 0.308 e. The molecule has 2 amide bonds. The van der Waals surface area contributed by atoms with Crippen LogP contribution in [0.1, 0.15) is 49.4 Å². The van der Waals surface area contributed by atoms with Crippen LogP contribution in [0.2, 0.25) is 0 Å². The Morgan fingerprint density at radius 2 is 1.86 bits per heavy atom. The normalized spacial score (nSPS) is 18.8. The van der Waals surface area contributed by atoms with Crippen LogP contribution in [0.25, 0.3) is 0 Å². The van der Waals surface area contributed by atoms with Gasteiger partial charge in [0, 0.05) is 30.3 Å². The highest BCUT2D eigenvalue weighted by molar-refractivity contribution is 5.94. The van der Waals surface area contributed by atoms with Crippen molar-refractivity contribution in [2.75, 3.05) is 13.2 Å². The average Bonchev–Trinajstić information content (AvgIpc) is 2.68. The lowest BCUT2D eigenvalue weighted by Gasteiger charge is -2.29. The first-order valence-corrected chi connectivity index (χ1v) is 9.34. The van der Waals surface area contributed by atoms with E-state index in [-0.39, 0.29) is 42.8 Å². The number of amides is 2. The van der Waals surface area contributed by atoms with Crippen LogP contribution in [-0.4, -0.2) is 41.9 Å². The molecular formula is C19H25N3O6. The molecule has 1 aliphatic rings. The maximum absolute atomic E-state index is 11.9. The summed E-state index contributed by atoms with van der Waals surface area (Å²) in [7, 11) is 0. The minimum atomic E-state index is -0.587. The number of esters is 1. The van der Waals surface area contributed by atoms with Gasteiger partial charge in [0.1, 0.15) is 0 Å². The van der Waals surface area contributed by atoms with Crippen LogP contribution in [0.15, 0.2) is 24.3 Å². The molecule has 9 nitrogen and oxygen atoms in total. The molecule has 152 valence electrons. The Labute approximate surface area is 163 Å². The third-order valence-corrected chi connectivity index (χ3v) is 4.78. The maximum Gasteiger partial charge on any atom is 0.308 e. The van der Waals surface area contributed by atoms with E-state index in [1.807, 2.05) is 0 Å². The lowest BCUT2D eigenvalue weighted by molar-refractivity contribution is -0.384. The Morgan fingerprint density at radius 1 is 1.18 bits per heavy atom. The van der Waals surface area contributed by atoms with E-state index in [1.54, 1.807) is 0 Å². The van der Waals surface area contributed by atoms with Gasteiger partial charge in [-0.05, 0) is 30.9 Å². The molecule has 1 aromatic carbocycles. The number of carbonyl (C=O) groups is 3. The van der Waals surface area contributed by atoms with Gasteiger partial charge in [-0.15, -0.1) is 0 Å². The first kappa shape index (κ1) is 21.3. The first-order chi connectivity index (χ1) is 13.4. The van der Waals surface area contributed by atoms with Crippen molar-refractivity contribution in [3.05, 3.63) is 39.9 Å². The summed E-state index contributed by atoms with van der Waals surface area (Å²) in [6.07, 6.45) is 4.21. The molecular weight excluding hydrogens is 366 g/mol. The molecule has 1 aliphatic carbocycles. The van der Waals surface area contributed by atoms with Crippen molar-refractivity contribution in [2.45, 2.75) is 45.1 Å². The lowest BCUT2D eigenvalue weighted by atomic mass is 9.86. The molecule has 0 heterocycles. The van der Waals surface area contributed by atoms with E-state index in [4.69, 9.17) is 4.74 Å². The molecule has 1 fully saturated rings. The predicted molar refractivity (Wildman–Crippen MR) is 101 cm³/mol. The number of benzene rings is 1. The van der Waals surface area contributed by atoms with Gasteiger partial charge >= 0.3 is 5.97 Å². The summed E-state index contributed by atoms with van der Waals surface area (Å²) >= 11 is 0. The van der Waals surface area contributed by atoms with Crippen molar-refractivity contribution >= 4 is 23.5 Å². The molecule has 0 spiro atoms. The van der Waals surface area contributed by atoms with Crippen molar-refractivity contribution in [2.24, 2.45) is 5.92 Å². The van der Waals surface area contributed by atoms with E-state index in [2.05, 4.69) is 17.6 Å². The Hall–Kier alpha value is -2.97. The number of nitrogens with zero attached hydrogens (tertiary/aromatic N) is 1. The number of nitrogens with one attached hydrogen (secondary N) is 2. The summed E-state index contributed by atoms with van der Waals surface area (Å²) in [6, 6.07) is 5.26. The lowest BCUT2D eigenvalue weighted by Crippen LogP contribution is -2.43. The number of nitro benzene ring substituents is 1. The molecule has 2 atom stereocenters. The van der Waals surface area contributed by atoms with Crippen molar-refractivity contribution in [3.8, 4) is 0 Å². The largest absolute Gasteiger partial charge is 0.456 e. The monoisotopic (exact) mass is 391 g/mol. The standard InChI is InChI=1S/C19H25N3O6/c1-13-4-2-3-5-16(13)21-17(23)12-28-18(24)10-11-20-19(25)14-6-8-15(9-7-14)22(26)27/h6-9,13,16H,2-5,10-12H2,1H3,(H,20,25)(H,21,23)/t13-,16-/m0/s1. The minimum absolute atomic E-state index is 0.0376. The van der Waals surface area contributed by atoms with Gasteiger partial charge in [0.05, 0.1) is 11.3 Å². The number of ether oxygens (including phenoxy) is 1. The summed E-state index contributed by atoms with van der Waals surface area (Å²) in [5.41, 5.74) is 0.140. The number of nitro groups is 1. The number of carbonyl (C=O) groups excluding carboxylic acids is 3. The molecule has 28 heavy (non-hydrogen) atoms. The van der Waals surface area contributed by atoms with Gasteiger partial charge < -0.3 is 15.4 Å². The van der Waals surface area contributed by atoms with Gasteiger partial charge in [-0.25, -0.2) is 0 Å². The predicted octanol–water partition coefficient (Wildman–Crippen LogP) is 1.95. The van der Waals surface area contributed by atoms with Crippen LogP contribution in [0.5, 0.6) is 0 Å². The fraction of sp³-hybridized carbons (Fsp3) is 0.526. The van der Waals surface area contributed by atoms with Crippen LogP contribution in [0.3, 0.4) is 0 Å². The van der Waals surface area contributed by atoms with Crippen molar-refractivity contribution in [1.29, 1.82) is 0 Å². The zero-order chi connectivity index (χ0) is 20.5. The van der Waals surface area contributed by atoms with Crippen LogP contribution in [0.4, 0.5) is 5.69 Å². The van der Waals surface area contributed by atoms with Crippen molar-refractivity contribution in [1.82, 2.24) is 10.6 Å². The van der Waals surface area contributed by atoms with E-state index >= 15 is 0 Å². The van der Waals surface area contributed by atoms with Gasteiger partial charge in [0.15, 0.2) is 6.61 Å². The van der Waals surface area contributed by atoms with E-state index in [0.717, 1.165) is 19.3 Å². The quantitative estimate of drug-likeness (QED) is 0.396. The van der Waals surface area contributed by atoms with Crippen LogP contribution in [-0.2, 0) is 14.3 Å². The zero-order valence-corrected chi connectivity index (χ0v) is 15.8. The fourth-order valence-corrected chi connectivity index (χ4v) is 3.11. The molecule has 1 aromatic rings. The summed E-state index contributed by atoms with van der Waals surface area (Å²) in [4.78, 5) is 45.6. The third kappa shape index (κ3) is 6.64. The second-order valence-electron chi connectivity index (χ2n) is 6.91. The van der Waals surface area contributed by atoms with Gasteiger partial charge in [0.25, 0.3) is 17.5 Å². The minimum Gasteiger partial charge on any atom is -0.456 e. The second kappa shape index (κ2) is 10.4. The summed E-state index contributed by atoms with van der Waals surface area (Å²) < 4.78 is 4.93. The summed E-state index contributed by atoms with van der Waals surface area (Å²) in [6.45, 7) is 1.80. The Bertz CT molecular complexity index is 719. The van der Waals surface area contributed by atoms with Crippen LogP contribution >= 0.6 is 0 Å². The highest BCUT2D eigenvalue weighted by atomic mass is 16.6. The number of hydrogen-bond donors (Lipinski definition) is 2. The van der Waals surface area contributed by atoms with Gasteiger partial charge in [0.2, 0.25) is 0 Å². The van der Waals surface area contributed by atoms with Gasteiger partial charge in [-0.2, -0.15) is 0 Å². The van der Waals surface area contributed by atoms with E-state index in [1.165, 1.54) is 30.7 Å². The molecule has 9 heteroatoms. The van der Waals surface area contributed by atoms with Gasteiger partial charge in [-0.3, -0.25) is 24.5 Å². The summed E-state index contributed by atoms with van der Waals surface area (Å²) in [5, 5.41) is 16.0. The third-order valence-electron chi connectivity index (χ3n) is 4.78. The van der Waals surface area contributed by atoms with Crippen molar-refractivity contribution < 1.29 is 24.0 Å². The van der Waals surface area contributed by atoms with E-state index < -0.39 is 16.8 Å². The molecule has 0 unspecified atom stereocenters. The number of rotatable bonds is 8. The molecule has 2 rings (SSSR count). The molecule has 0 aromatic heterocycles. The summed E-state index contributed by atoms with van der Waals surface area (Å²) in [5.74, 6) is -0.937. The molecule has 0 saturated heterocycles. The Kier molecular flexibility index (Phi) is 7.91. The van der Waals surface area contributed by atoms with Crippen LogP contribution in [0, 0.1) is 16.0 Å². The average molecular weight is 391 g/mol. The molecule has 0 radical (unpaired) electrons. The maximum atomic E-state index is 11.9. The zero-order valence-electron chi connectivity index (χ0n) is 15.8. The Morgan fingerprint density at radius 3 is 2.50 bits per heavy atom. The highest BCUT2D eigenvalue weighted by Crippen LogP contribution is 2.23. The molecule has 0 bridgehead atoms. The fourth-order valence-electron chi connectivity index (χ4n) is 3.11. The Balaban J connectivity index is 1.64. The van der Waals surface area contributed by atoms with E-state index in [9.17, 15) is 24.5 Å². The molecule has 2 N–H and O–H groups in total. The number of hydrogen-bond acceptors (Lipinski definition) is 6. The topological polar surface area (TPSA) is 128 Å². The molecule has 0 aliphatic heterocycles. The van der Waals surface area contributed by atoms with Crippen LogP contribution < -0.4 is 10.6 Å². The van der Waals surface area contributed by atoms with Gasteiger partial charge in [-0.1, -0.05) is 19.8 Å². The molecule has 1 saturated carbocycles. The SMILES string of the molecule is C[C@H]1CCCC[C@@H]1NC(=O)COC(=O)CCNC(=O)c1ccc([N+](=O)[O-])cc1.